The summed E-state index contributed by atoms with van der Waals surface area (Å²) >= 11 is 0.819. The van der Waals surface area contributed by atoms with Crippen LogP contribution in [0.15, 0.2) is 22.9 Å². The van der Waals surface area contributed by atoms with Crippen molar-refractivity contribution in [3.05, 3.63) is 22.9 Å². The minimum Gasteiger partial charge on any atom is -0.460 e. The molecule has 28 heavy (non-hydrogen) atoms. The summed E-state index contributed by atoms with van der Waals surface area (Å²) in [5.74, 6) is -0.317. The molecule has 0 aromatic carbocycles. The summed E-state index contributed by atoms with van der Waals surface area (Å²) in [5.41, 5.74) is 0.841. The van der Waals surface area contributed by atoms with Crippen molar-refractivity contribution in [3.63, 3.8) is 0 Å². The van der Waals surface area contributed by atoms with Gasteiger partial charge in [-0.3, -0.25) is 4.79 Å². The maximum Gasteiger partial charge on any atom is 0.306 e. The fraction of sp³-hybridized carbons (Fsp3) is 0.783. The van der Waals surface area contributed by atoms with E-state index in [0.29, 0.717) is 36.1 Å². The van der Waals surface area contributed by atoms with Gasteiger partial charge in [-0.05, 0) is 67.4 Å². The lowest BCUT2D eigenvalue weighted by Crippen LogP contribution is -2.47. The molecule has 0 bridgehead atoms. The number of carbonyl (C=O) groups is 1. The van der Waals surface area contributed by atoms with Crippen molar-refractivity contribution in [1.82, 2.24) is 0 Å². The fourth-order valence-electron chi connectivity index (χ4n) is 3.69. The Hall–Kier alpha value is -0.523. The first-order chi connectivity index (χ1) is 14.5. The molecule has 0 spiro atoms. The van der Waals surface area contributed by atoms with Crippen molar-refractivity contribution in [2.45, 2.75) is 110 Å². The SMILES string of the molecule is [2H]/C(CCCC(=O)OC(C)(C)C)=C(\[2H])S/C([2H])=C(/[2H])CCO[Si](C(C)C)(C(C)C)C(C)C. The van der Waals surface area contributed by atoms with Crippen molar-refractivity contribution in [1.29, 1.82) is 0 Å². The molecule has 0 aliphatic carbocycles. The van der Waals surface area contributed by atoms with Gasteiger partial charge in [0.15, 0.2) is 8.32 Å². The number of carbonyl (C=O) groups excluding carboxylic acids is 1. The van der Waals surface area contributed by atoms with Crippen molar-refractivity contribution in [2.24, 2.45) is 0 Å². The zero-order valence-electron chi connectivity index (χ0n) is 23.4. The zero-order chi connectivity index (χ0) is 25.3. The number of hydrogen-bond donors (Lipinski definition) is 0. The predicted octanol–water partition coefficient (Wildman–Crippen LogP) is 7.84. The van der Waals surface area contributed by atoms with Gasteiger partial charge in [0.2, 0.25) is 0 Å². The van der Waals surface area contributed by atoms with Gasteiger partial charge in [0.05, 0.1) is 5.48 Å². The number of allylic oxidation sites excluding steroid dienone is 1. The van der Waals surface area contributed by atoms with Gasteiger partial charge in [-0.1, -0.05) is 53.6 Å². The van der Waals surface area contributed by atoms with Crippen LogP contribution in [0, 0.1) is 0 Å². The van der Waals surface area contributed by atoms with Gasteiger partial charge in [-0.25, -0.2) is 0 Å². The Morgan fingerprint density at radius 1 is 1.00 bits per heavy atom. The van der Waals surface area contributed by atoms with Crippen LogP contribution in [-0.4, -0.2) is 26.5 Å². The number of rotatable bonds is 13. The molecule has 0 aromatic rings. The van der Waals surface area contributed by atoms with E-state index >= 15 is 0 Å². The monoisotopic (exact) mass is 432 g/mol. The smallest absolute Gasteiger partial charge is 0.306 e. The molecule has 0 aliphatic rings. The molecule has 0 atom stereocenters. The summed E-state index contributed by atoms with van der Waals surface area (Å²) in [6.45, 7) is 19.1. The molecule has 164 valence electrons. The Morgan fingerprint density at radius 3 is 1.96 bits per heavy atom. The molecule has 3 nitrogen and oxygen atoms in total. The van der Waals surface area contributed by atoms with Gasteiger partial charge >= 0.3 is 5.97 Å². The lowest BCUT2D eigenvalue weighted by Gasteiger charge is -2.42. The first kappa shape index (κ1) is 20.7. The van der Waals surface area contributed by atoms with E-state index < -0.39 is 13.9 Å². The van der Waals surface area contributed by atoms with Crippen LogP contribution in [0.1, 0.15) is 93.5 Å². The zero-order valence-corrected chi connectivity index (χ0v) is 21.2. The van der Waals surface area contributed by atoms with Crippen LogP contribution >= 0.6 is 11.8 Å². The summed E-state index contributed by atoms with van der Waals surface area (Å²) in [6, 6.07) is 0.193. The second-order valence-electron chi connectivity index (χ2n) is 9.02. The maximum atomic E-state index is 11.8. The van der Waals surface area contributed by atoms with E-state index in [4.69, 9.17) is 14.6 Å². The van der Waals surface area contributed by atoms with Crippen LogP contribution in [0.25, 0.3) is 0 Å². The summed E-state index contributed by atoms with van der Waals surface area (Å²) in [7, 11) is -2.01. The third kappa shape index (κ3) is 10.9. The molecular formula is C23H44O3SSi. The van der Waals surface area contributed by atoms with E-state index in [-0.39, 0.29) is 41.7 Å². The third-order valence-corrected chi connectivity index (χ3v) is 11.2. The van der Waals surface area contributed by atoms with E-state index in [1.807, 2.05) is 20.8 Å². The highest BCUT2D eigenvalue weighted by Gasteiger charge is 2.44. The number of ether oxygens (including phenoxy) is 1. The molecule has 0 aromatic heterocycles. The summed E-state index contributed by atoms with van der Waals surface area (Å²) in [6.07, 6.45) is 1.20. The third-order valence-electron chi connectivity index (χ3n) is 4.64. The topological polar surface area (TPSA) is 35.5 Å². The number of thioether (sulfide) groups is 1. The van der Waals surface area contributed by atoms with Gasteiger partial charge in [0, 0.05) is 13.0 Å². The van der Waals surface area contributed by atoms with Gasteiger partial charge in [0.1, 0.15) is 5.60 Å². The normalized spacial score (nSPS) is 17.0. The van der Waals surface area contributed by atoms with Crippen LogP contribution in [-0.2, 0) is 14.0 Å². The molecular weight excluding hydrogens is 384 g/mol. The van der Waals surface area contributed by atoms with Crippen LogP contribution in [0.2, 0.25) is 16.6 Å². The molecule has 0 rings (SSSR count). The van der Waals surface area contributed by atoms with Crippen LogP contribution in [0.4, 0.5) is 0 Å². The van der Waals surface area contributed by atoms with Gasteiger partial charge < -0.3 is 9.16 Å². The van der Waals surface area contributed by atoms with Gasteiger partial charge in [-0.15, -0.1) is 11.8 Å². The minimum absolute atomic E-state index is 0.0265. The Morgan fingerprint density at radius 2 is 1.50 bits per heavy atom. The van der Waals surface area contributed by atoms with Gasteiger partial charge in [0.25, 0.3) is 0 Å². The molecule has 0 saturated heterocycles. The fourth-order valence-corrected chi connectivity index (χ4v) is 9.55. The largest absolute Gasteiger partial charge is 0.460 e. The van der Waals surface area contributed by atoms with Crippen molar-refractivity contribution >= 4 is 26.0 Å². The number of hydrogen-bond acceptors (Lipinski definition) is 4. The molecule has 0 radical (unpaired) electrons. The Labute approximate surface area is 185 Å². The van der Waals surface area contributed by atoms with E-state index in [1.54, 1.807) is 0 Å². The van der Waals surface area contributed by atoms with E-state index in [0.717, 1.165) is 11.8 Å². The average molecular weight is 433 g/mol. The van der Waals surface area contributed by atoms with E-state index in [2.05, 4.69) is 41.5 Å². The van der Waals surface area contributed by atoms with Crippen LogP contribution in [0.3, 0.4) is 0 Å². The van der Waals surface area contributed by atoms with Crippen molar-refractivity contribution in [2.75, 3.05) is 6.61 Å². The Balaban J connectivity index is 4.86. The second-order valence-corrected chi connectivity index (χ2v) is 15.1. The molecule has 0 amide bonds. The first-order valence-corrected chi connectivity index (χ1v) is 13.4. The maximum absolute atomic E-state index is 11.8. The lowest BCUT2D eigenvalue weighted by molar-refractivity contribution is -0.154. The molecule has 0 aliphatic heterocycles. The van der Waals surface area contributed by atoms with Gasteiger partial charge in [-0.2, -0.15) is 0 Å². The second kappa shape index (κ2) is 13.7. The highest BCUT2D eigenvalue weighted by atomic mass is 32.2. The molecule has 0 N–H and O–H groups in total. The summed E-state index contributed by atoms with van der Waals surface area (Å²) in [5, 5.41) is -0.0819. The highest BCUT2D eigenvalue weighted by Crippen LogP contribution is 2.42. The van der Waals surface area contributed by atoms with E-state index in [1.165, 1.54) is 0 Å². The predicted molar refractivity (Wildman–Crippen MR) is 127 cm³/mol. The number of esters is 1. The lowest BCUT2D eigenvalue weighted by atomic mass is 10.2. The van der Waals surface area contributed by atoms with Crippen molar-refractivity contribution in [3.8, 4) is 0 Å². The standard InChI is InChI=1S/C23H44O3SSi/c1-19(2)28(20(3)4,21(5)6)25-16-12-14-18-27-17-13-10-11-15-22(24)26-23(7,8)9/h13-14,17-21H,10-12,15-16H2,1-9H3/b17-13-,18-14-/i13D,14D,17D,18D. The van der Waals surface area contributed by atoms with E-state index in [9.17, 15) is 4.79 Å². The highest BCUT2D eigenvalue weighted by molar-refractivity contribution is 8.04. The Bertz CT molecular complexity index is 649. The average Bonchev–Trinajstić information content (AvgIpc) is 2.62. The Kier molecular flexibility index (Phi) is 10.1. The minimum atomic E-state index is -2.01. The summed E-state index contributed by atoms with van der Waals surface area (Å²) < 4.78 is 44.1. The molecule has 0 fully saturated rings. The quantitative estimate of drug-likeness (QED) is 0.219. The first-order valence-electron chi connectivity index (χ1n) is 12.4. The molecule has 5 heteroatoms. The summed E-state index contributed by atoms with van der Waals surface area (Å²) in [4.78, 5) is 11.8. The van der Waals surface area contributed by atoms with Crippen LogP contribution in [0.5, 0.6) is 0 Å². The van der Waals surface area contributed by atoms with Crippen molar-refractivity contribution < 1.29 is 19.4 Å². The molecule has 0 heterocycles. The molecule has 0 unspecified atom stereocenters. The molecule has 0 saturated carbocycles. The van der Waals surface area contributed by atoms with Crippen LogP contribution < -0.4 is 0 Å².